The molecule has 29 heavy (non-hydrogen) atoms. The fraction of sp³-hybridized carbons (Fsp3) is 0.773. The van der Waals surface area contributed by atoms with E-state index in [9.17, 15) is 27.6 Å². The van der Waals surface area contributed by atoms with Crippen LogP contribution in [0.3, 0.4) is 0 Å². The largest absolute Gasteiger partial charge is 0.471 e. The molecule has 2 bridgehead atoms. The van der Waals surface area contributed by atoms with E-state index in [0.717, 1.165) is 36.2 Å². The third-order valence-corrected chi connectivity index (χ3v) is 9.02. The van der Waals surface area contributed by atoms with Gasteiger partial charge in [-0.05, 0) is 62.4 Å². The Morgan fingerprint density at radius 1 is 1.14 bits per heavy atom. The normalized spacial score (nSPS) is 44.0. The van der Waals surface area contributed by atoms with Crippen molar-refractivity contribution in [2.75, 3.05) is 13.1 Å². The zero-order valence-corrected chi connectivity index (χ0v) is 16.6. The first-order chi connectivity index (χ1) is 13.6. The minimum atomic E-state index is -4.92. The second-order valence-electron chi connectivity index (χ2n) is 10.1. The van der Waals surface area contributed by atoms with Crippen molar-refractivity contribution in [2.24, 2.45) is 34.5 Å². The van der Waals surface area contributed by atoms with Gasteiger partial charge in [-0.15, -0.1) is 0 Å². The number of alkyl halides is 3. The maximum absolute atomic E-state index is 13.2. The number of amides is 1. The molecular formula is C22H26F3NO3. The van der Waals surface area contributed by atoms with Gasteiger partial charge in [0.25, 0.3) is 0 Å². The minimum Gasteiger partial charge on any atom is -0.333 e. The van der Waals surface area contributed by atoms with Crippen LogP contribution in [0.4, 0.5) is 13.2 Å². The summed E-state index contributed by atoms with van der Waals surface area (Å²) in [7, 11) is 0. The predicted molar refractivity (Wildman–Crippen MR) is 97.6 cm³/mol. The molecule has 1 aliphatic heterocycles. The van der Waals surface area contributed by atoms with E-state index in [1.54, 1.807) is 6.08 Å². The summed E-state index contributed by atoms with van der Waals surface area (Å²) in [6, 6.07) is 0. The molecule has 0 aromatic rings. The molecule has 4 nitrogen and oxygen atoms in total. The first kappa shape index (κ1) is 19.3. The van der Waals surface area contributed by atoms with E-state index in [1.807, 2.05) is 0 Å². The fourth-order valence-electron chi connectivity index (χ4n) is 7.73. The highest BCUT2D eigenvalue weighted by Gasteiger charge is 2.63. The highest BCUT2D eigenvalue weighted by atomic mass is 19.4. The van der Waals surface area contributed by atoms with Crippen molar-refractivity contribution < 1.29 is 27.6 Å². The summed E-state index contributed by atoms with van der Waals surface area (Å²) in [6.45, 7) is 1.99. The van der Waals surface area contributed by atoms with Gasteiger partial charge in [-0.1, -0.05) is 12.5 Å². The van der Waals surface area contributed by atoms with Crippen molar-refractivity contribution in [1.82, 2.24) is 4.90 Å². The van der Waals surface area contributed by atoms with E-state index in [0.29, 0.717) is 25.0 Å². The summed E-state index contributed by atoms with van der Waals surface area (Å²) in [6.07, 6.45) is 1.90. The number of likely N-dealkylation sites (tertiary alicyclic amines) is 1. The molecule has 1 heterocycles. The number of rotatable bonds is 0. The summed E-state index contributed by atoms with van der Waals surface area (Å²) in [5.74, 6) is -1.47. The van der Waals surface area contributed by atoms with E-state index in [2.05, 4.69) is 6.92 Å². The van der Waals surface area contributed by atoms with Crippen molar-refractivity contribution in [3.8, 4) is 0 Å². The predicted octanol–water partition coefficient (Wildman–Crippen LogP) is 3.70. The van der Waals surface area contributed by atoms with Crippen LogP contribution in [0.2, 0.25) is 0 Å². The van der Waals surface area contributed by atoms with Gasteiger partial charge in [0.2, 0.25) is 0 Å². The third kappa shape index (κ3) is 2.54. The molecule has 0 unspecified atom stereocenters. The van der Waals surface area contributed by atoms with Gasteiger partial charge in [0.15, 0.2) is 5.78 Å². The molecule has 0 aromatic heterocycles. The Hall–Kier alpha value is -1.66. The number of halogens is 3. The van der Waals surface area contributed by atoms with Gasteiger partial charge in [-0.3, -0.25) is 14.4 Å². The molecule has 3 saturated carbocycles. The van der Waals surface area contributed by atoms with Crippen LogP contribution >= 0.6 is 0 Å². The van der Waals surface area contributed by atoms with Crippen LogP contribution < -0.4 is 0 Å². The molecule has 7 heteroatoms. The zero-order chi connectivity index (χ0) is 20.8. The van der Waals surface area contributed by atoms with Gasteiger partial charge in [0, 0.05) is 36.3 Å². The number of ketones is 2. The quantitative estimate of drug-likeness (QED) is 0.613. The maximum atomic E-state index is 13.2. The van der Waals surface area contributed by atoms with Crippen LogP contribution in [-0.4, -0.2) is 41.6 Å². The topological polar surface area (TPSA) is 54.5 Å². The summed E-state index contributed by atoms with van der Waals surface area (Å²) in [4.78, 5) is 38.1. The lowest BCUT2D eigenvalue weighted by molar-refractivity contribution is -0.192. The number of hydrogen-bond donors (Lipinski definition) is 0. The molecule has 5 aliphatic rings. The number of carbonyl (C=O) groups excluding carboxylic acids is 3. The van der Waals surface area contributed by atoms with Crippen molar-refractivity contribution >= 4 is 17.5 Å². The summed E-state index contributed by atoms with van der Waals surface area (Å²) in [5.41, 5.74) is 0.111. The lowest BCUT2D eigenvalue weighted by Crippen LogP contribution is -2.62. The molecule has 0 aromatic carbocycles. The smallest absolute Gasteiger partial charge is 0.333 e. The SMILES string of the molecule is C[C@]12CC[C@H]3[C@@H](CCC4=CC(=O)[C@H]5CN(C(=O)C(F)(F)F)C[C@]43C5)[C@@H]1CCC2=O. The molecule has 5 rings (SSSR count). The van der Waals surface area contributed by atoms with Gasteiger partial charge >= 0.3 is 12.1 Å². The van der Waals surface area contributed by atoms with Gasteiger partial charge in [0.1, 0.15) is 5.78 Å². The zero-order valence-electron chi connectivity index (χ0n) is 16.6. The second-order valence-corrected chi connectivity index (χ2v) is 10.1. The minimum absolute atomic E-state index is 0.0551. The van der Waals surface area contributed by atoms with Crippen molar-refractivity contribution in [1.29, 1.82) is 0 Å². The van der Waals surface area contributed by atoms with Gasteiger partial charge in [-0.2, -0.15) is 13.2 Å². The average molecular weight is 409 g/mol. The van der Waals surface area contributed by atoms with Crippen LogP contribution in [0.5, 0.6) is 0 Å². The van der Waals surface area contributed by atoms with Gasteiger partial charge in [0.05, 0.1) is 0 Å². The highest BCUT2D eigenvalue weighted by Crippen LogP contribution is 2.65. The number of Topliss-reactive ketones (excluding diaryl/α,β-unsaturated/α-hetero) is 1. The first-order valence-electron chi connectivity index (χ1n) is 10.7. The lowest BCUT2D eigenvalue weighted by atomic mass is 9.45. The Morgan fingerprint density at radius 3 is 2.62 bits per heavy atom. The van der Waals surface area contributed by atoms with Crippen molar-refractivity contribution in [3.63, 3.8) is 0 Å². The molecular weight excluding hydrogens is 383 g/mol. The van der Waals surface area contributed by atoms with Crippen LogP contribution in [0.25, 0.3) is 0 Å². The molecule has 1 saturated heterocycles. The van der Waals surface area contributed by atoms with E-state index >= 15 is 0 Å². The second kappa shape index (κ2) is 5.94. The Morgan fingerprint density at radius 2 is 1.90 bits per heavy atom. The molecule has 4 fully saturated rings. The van der Waals surface area contributed by atoms with Crippen LogP contribution in [0, 0.1) is 34.5 Å². The van der Waals surface area contributed by atoms with E-state index < -0.39 is 23.4 Å². The molecule has 158 valence electrons. The fourth-order valence-corrected chi connectivity index (χ4v) is 7.73. The summed E-state index contributed by atoms with van der Waals surface area (Å²) < 4.78 is 39.6. The van der Waals surface area contributed by atoms with E-state index in [-0.39, 0.29) is 42.0 Å². The molecule has 0 radical (unpaired) electrons. The lowest BCUT2D eigenvalue weighted by Gasteiger charge is -2.61. The monoisotopic (exact) mass is 409 g/mol. The number of nitrogens with zero attached hydrogens (tertiary/aromatic N) is 1. The first-order valence-corrected chi connectivity index (χ1v) is 10.7. The maximum Gasteiger partial charge on any atom is 0.471 e. The van der Waals surface area contributed by atoms with Gasteiger partial charge in [-0.25, -0.2) is 0 Å². The van der Waals surface area contributed by atoms with Gasteiger partial charge < -0.3 is 4.90 Å². The third-order valence-electron chi connectivity index (χ3n) is 9.02. The molecule has 1 spiro atoms. The highest BCUT2D eigenvalue weighted by molar-refractivity contribution is 5.95. The van der Waals surface area contributed by atoms with Crippen LogP contribution in [-0.2, 0) is 14.4 Å². The summed E-state index contributed by atoms with van der Waals surface area (Å²) >= 11 is 0. The Bertz CT molecular complexity index is 834. The van der Waals surface area contributed by atoms with E-state index in [4.69, 9.17) is 0 Å². The standard InChI is InChI=1S/C22H26F3NO3/c1-20-7-6-16-14(15(20)4-5-18(20)28)3-2-13-8-17(27)12-9-21(13,16)11-26(10-12)19(29)22(23,24)25/h8,12,14-16H,2-7,9-11H2,1H3/t12-,14+,15+,16+,20+,21-/m1/s1. The van der Waals surface area contributed by atoms with Crippen molar-refractivity contribution in [2.45, 2.75) is 58.0 Å². The molecule has 1 amide bonds. The molecule has 4 aliphatic carbocycles. The molecule has 6 atom stereocenters. The Balaban J connectivity index is 1.54. The molecule has 0 N–H and O–H groups in total. The van der Waals surface area contributed by atoms with Crippen LogP contribution in [0.15, 0.2) is 11.6 Å². The van der Waals surface area contributed by atoms with E-state index in [1.165, 1.54) is 0 Å². The average Bonchev–Trinajstić information content (AvgIpc) is 2.96. The number of fused-ring (bicyclic) bond motifs is 4. The number of carbonyl (C=O) groups is 3. The summed E-state index contributed by atoms with van der Waals surface area (Å²) in [5, 5.41) is 0. The Labute approximate surface area is 167 Å². The number of piperidine rings is 1. The van der Waals surface area contributed by atoms with Crippen molar-refractivity contribution in [3.05, 3.63) is 11.6 Å². The Kier molecular flexibility index (Phi) is 3.96. The van der Waals surface area contributed by atoms with Crippen LogP contribution in [0.1, 0.15) is 51.9 Å². The number of hydrogen-bond acceptors (Lipinski definition) is 3.